The van der Waals surface area contributed by atoms with Crippen molar-refractivity contribution in [3.63, 3.8) is 0 Å². The van der Waals surface area contributed by atoms with Gasteiger partial charge in [-0.2, -0.15) is 0 Å². The number of hydrogen-bond donors (Lipinski definition) is 1. The molecule has 5 nitrogen and oxygen atoms in total. The zero-order valence-electron chi connectivity index (χ0n) is 12.3. The van der Waals surface area contributed by atoms with Crippen molar-refractivity contribution in [1.82, 2.24) is 10.2 Å². The van der Waals surface area contributed by atoms with E-state index >= 15 is 0 Å². The number of nitrogens with zero attached hydrogens (tertiary/aromatic N) is 2. The van der Waals surface area contributed by atoms with Crippen LogP contribution in [0.1, 0.15) is 25.3 Å². The number of nitro benzene ring substituents is 1. The minimum Gasteiger partial charge on any atom is -0.316 e. The van der Waals surface area contributed by atoms with Gasteiger partial charge in [0.15, 0.2) is 0 Å². The second-order valence-electron chi connectivity index (χ2n) is 5.57. The lowest BCUT2D eigenvalue weighted by molar-refractivity contribution is -0.385. The predicted octanol–water partition coefficient (Wildman–Crippen LogP) is 3.18. The number of rotatable bonds is 6. The number of benzene rings is 1. The molecule has 21 heavy (non-hydrogen) atoms. The van der Waals surface area contributed by atoms with Crippen molar-refractivity contribution >= 4 is 21.6 Å². The van der Waals surface area contributed by atoms with Crippen molar-refractivity contribution in [2.75, 3.05) is 26.2 Å². The fourth-order valence-corrected chi connectivity index (χ4v) is 3.18. The van der Waals surface area contributed by atoms with E-state index < -0.39 is 0 Å². The fourth-order valence-electron chi connectivity index (χ4n) is 2.83. The number of nitro groups is 1. The molecule has 1 unspecified atom stereocenters. The second kappa shape index (κ2) is 7.87. The molecule has 0 amide bonds. The van der Waals surface area contributed by atoms with E-state index in [0.29, 0.717) is 12.5 Å². The zero-order chi connectivity index (χ0) is 15.2. The molecule has 6 heteroatoms. The molecule has 0 bridgehead atoms. The van der Waals surface area contributed by atoms with Crippen LogP contribution in [0.2, 0.25) is 0 Å². The summed E-state index contributed by atoms with van der Waals surface area (Å²) in [6.07, 6.45) is 2.46. The molecule has 1 saturated heterocycles. The minimum absolute atomic E-state index is 0.199. The Morgan fingerprint density at radius 3 is 2.95 bits per heavy atom. The second-order valence-corrected chi connectivity index (χ2v) is 6.49. The molecule has 0 spiro atoms. The topological polar surface area (TPSA) is 58.4 Å². The average molecular weight is 356 g/mol. The highest BCUT2D eigenvalue weighted by atomic mass is 79.9. The van der Waals surface area contributed by atoms with Crippen LogP contribution in [-0.2, 0) is 6.54 Å². The first-order valence-corrected chi connectivity index (χ1v) is 8.25. The first-order valence-electron chi connectivity index (χ1n) is 7.46. The van der Waals surface area contributed by atoms with Gasteiger partial charge in [-0.25, -0.2) is 0 Å². The lowest BCUT2D eigenvalue weighted by atomic mass is 9.99. The number of piperidine rings is 1. The highest BCUT2D eigenvalue weighted by Crippen LogP contribution is 2.25. The molecule has 2 rings (SSSR count). The molecule has 0 saturated carbocycles. The Kier molecular flexibility index (Phi) is 6.14. The first kappa shape index (κ1) is 16.4. The van der Waals surface area contributed by atoms with Crippen molar-refractivity contribution in [3.8, 4) is 0 Å². The van der Waals surface area contributed by atoms with Gasteiger partial charge in [0.2, 0.25) is 0 Å². The third-order valence-corrected chi connectivity index (χ3v) is 4.49. The summed E-state index contributed by atoms with van der Waals surface area (Å²) in [6.45, 7) is 6.82. The van der Waals surface area contributed by atoms with Gasteiger partial charge in [0, 0.05) is 29.2 Å². The molecule has 0 aromatic heterocycles. The molecule has 1 atom stereocenters. The standard InChI is InChI=1S/C15H22BrN3O2/c1-2-18(10-12-4-3-7-17-9-12)11-13-5-6-14(16)8-15(13)19(20)21/h5-6,8,12,17H,2-4,7,9-11H2,1H3. The molecular weight excluding hydrogens is 334 g/mol. The summed E-state index contributed by atoms with van der Waals surface area (Å²) in [5, 5.41) is 14.6. The van der Waals surface area contributed by atoms with Gasteiger partial charge in [0.25, 0.3) is 5.69 Å². The Hall–Kier alpha value is -0.980. The van der Waals surface area contributed by atoms with Crippen LogP contribution in [-0.4, -0.2) is 36.0 Å². The van der Waals surface area contributed by atoms with E-state index in [0.717, 1.165) is 36.2 Å². The van der Waals surface area contributed by atoms with Crippen LogP contribution in [0.25, 0.3) is 0 Å². The Bertz CT molecular complexity index is 490. The zero-order valence-corrected chi connectivity index (χ0v) is 13.9. The van der Waals surface area contributed by atoms with Crippen LogP contribution < -0.4 is 5.32 Å². The lowest BCUT2D eigenvalue weighted by Gasteiger charge is -2.29. The van der Waals surface area contributed by atoms with Crippen molar-refractivity contribution < 1.29 is 4.92 Å². The molecule has 1 aliphatic rings. The lowest BCUT2D eigenvalue weighted by Crippen LogP contribution is -2.38. The fraction of sp³-hybridized carbons (Fsp3) is 0.600. The molecular formula is C15H22BrN3O2. The van der Waals surface area contributed by atoms with Crippen LogP contribution in [0.3, 0.4) is 0 Å². The van der Waals surface area contributed by atoms with Gasteiger partial charge < -0.3 is 5.32 Å². The molecule has 1 fully saturated rings. The van der Waals surface area contributed by atoms with Crippen molar-refractivity contribution in [2.45, 2.75) is 26.3 Å². The van der Waals surface area contributed by atoms with Crippen LogP contribution in [0, 0.1) is 16.0 Å². The first-order chi connectivity index (χ1) is 10.1. The van der Waals surface area contributed by atoms with Crippen molar-refractivity contribution in [2.24, 2.45) is 5.92 Å². The van der Waals surface area contributed by atoms with E-state index in [2.05, 4.69) is 33.1 Å². The van der Waals surface area contributed by atoms with E-state index in [4.69, 9.17) is 0 Å². The normalized spacial score (nSPS) is 18.9. The molecule has 1 aliphatic heterocycles. The summed E-state index contributed by atoms with van der Waals surface area (Å²) < 4.78 is 0.748. The summed E-state index contributed by atoms with van der Waals surface area (Å²) in [6, 6.07) is 5.31. The van der Waals surface area contributed by atoms with Crippen LogP contribution in [0.15, 0.2) is 22.7 Å². The van der Waals surface area contributed by atoms with Crippen molar-refractivity contribution in [3.05, 3.63) is 38.3 Å². The summed E-state index contributed by atoms with van der Waals surface area (Å²) in [4.78, 5) is 13.2. The van der Waals surface area contributed by atoms with Gasteiger partial charge in [0.1, 0.15) is 0 Å². The summed E-state index contributed by atoms with van der Waals surface area (Å²) in [5.41, 5.74) is 0.985. The largest absolute Gasteiger partial charge is 0.316 e. The molecule has 1 aromatic rings. The molecule has 0 aliphatic carbocycles. The summed E-state index contributed by atoms with van der Waals surface area (Å²) in [5.74, 6) is 0.646. The van der Waals surface area contributed by atoms with Gasteiger partial charge in [-0.3, -0.25) is 15.0 Å². The predicted molar refractivity (Wildman–Crippen MR) is 87.3 cm³/mol. The SMILES string of the molecule is CCN(Cc1ccc(Br)cc1[N+](=O)[O-])CC1CCCNC1. The molecule has 116 valence electrons. The Morgan fingerprint density at radius 1 is 1.52 bits per heavy atom. The maximum atomic E-state index is 11.2. The van der Waals surface area contributed by atoms with E-state index in [-0.39, 0.29) is 10.6 Å². The number of halogens is 1. The van der Waals surface area contributed by atoms with Gasteiger partial charge >= 0.3 is 0 Å². The van der Waals surface area contributed by atoms with E-state index in [1.807, 2.05) is 12.1 Å². The van der Waals surface area contributed by atoms with E-state index in [1.54, 1.807) is 6.07 Å². The molecule has 0 radical (unpaired) electrons. The number of hydrogen-bond acceptors (Lipinski definition) is 4. The summed E-state index contributed by atoms with van der Waals surface area (Å²) >= 11 is 3.30. The van der Waals surface area contributed by atoms with E-state index in [9.17, 15) is 10.1 Å². The Morgan fingerprint density at radius 2 is 2.33 bits per heavy atom. The Labute approximate surface area is 134 Å². The maximum absolute atomic E-state index is 11.2. The summed E-state index contributed by atoms with van der Waals surface area (Å²) in [7, 11) is 0. The quantitative estimate of drug-likeness (QED) is 0.628. The van der Waals surface area contributed by atoms with Crippen LogP contribution >= 0.6 is 15.9 Å². The average Bonchev–Trinajstić information content (AvgIpc) is 2.49. The molecule has 1 aromatic carbocycles. The van der Waals surface area contributed by atoms with Gasteiger partial charge in [-0.05, 0) is 50.5 Å². The monoisotopic (exact) mass is 355 g/mol. The minimum atomic E-state index is -0.296. The van der Waals surface area contributed by atoms with Gasteiger partial charge in [-0.15, -0.1) is 0 Å². The molecule has 1 heterocycles. The highest BCUT2D eigenvalue weighted by Gasteiger charge is 2.20. The van der Waals surface area contributed by atoms with E-state index in [1.165, 1.54) is 12.8 Å². The van der Waals surface area contributed by atoms with Gasteiger partial charge in [-0.1, -0.05) is 22.9 Å². The van der Waals surface area contributed by atoms with Gasteiger partial charge in [0.05, 0.1) is 4.92 Å². The van der Waals surface area contributed by atoms with Crippen LogP contribution in [0.4, 0.5) is 5.69 Å². The maximum Gasteiger partial charge on any atom is 0.275 e. The molecule has 1 N–H and O–H groups in total. The number of nitrogens with one attached hydrogen (secondary N) is 1. The van der Waals surface area contributed by atoms with Crippen LogP contribution in [0.5, 0.6) is 0 Å². The Balaban J connectivity index is 2.05. The third kappa shape index (κ3) is 4.76. The smallest absolute Gasteiger partial charge is 0.275 e. The third-order valence-electron chi connectivity index (χ3n) is 4.00. The highest BCUT2D eigenvalue weighted by molar-refractivity contribution is 9.10. The van der Waals surface area contributed by atoms with Crippen molar-refractivity contribution in [1.29, 1.82) is 0 Å².